The third-order valence-electron chi connectivity index (χ3n) is 2.59. The average molecular weight is 223 g/mol. The van der Waals surface area contributed by atoms with Crippen LogP contribution in [0.1, 0.15) is 18.4 Å². The van der Waals surface area contributed by atoms with Gasteiger partial charge in [-0.15, -0.1) is 0 Å². The molecule has 3 heteroatoms. The Balaban J connectivity index is 0.000000160. The number of halogens is 1. The summed E-state index contributed by atoms with van der Waals surface area (Å²) in [4.78, 5) is 10.1. The average Bonchev–Trinajstić information content (AvgIpc) is 2.35. The van der Waals surface area contributed by atoms with Gasteiger partial charge in [-0.3, -0.25) is 0 Å². The lowest BCUT2D eigenvalue weighted by molar-refractivity contribution is -0.111. The lowest BCUT2D eigenvalue weighted by Crippen LogP contribution is -2.28. The third kappa shape index (κ3) is 5.03. The van der Waals surface area contributed by atoms with Crippen molar-refractivity contribution in [2.75, 3.05) is 13.1 Å². The first-order chi connectivity index (χ1) is 7.72. The molecule has 16 heavy (non-hydrogen) atoms. The topological polar surface area (TPSA) is 29.1 Å². The second-order valence-electron chi connectivity index (χ2n) is 4.02. The van der Waals surface area contributed by atoms with E-state index in [1.165, 1.54) is 12.1 Å². The van der Waals surface area contributed by atoms with Crippen LogP contribution in [0.5, 0.6) is 0 Å². The highest BCUT2D eigenvalue weighted by molar-refractivity contribution is 5.53. The SMILES string of the molecule is Cc1ccc(F)cc1.O=CC1CCNCC1. The molecule has 0 bridgehead atoms. The number of benzene rings is 1. The van der Waals surface area contributed by atoms with Gasteiger partial charge in [0.05, 0.1) is 0 Å². The van der Waals surface area contributed by atoms with Gasteiger partial charge < -0.3 is 10.1 Å². The molecule has 0 atom stereocenters. The van der Waals surface area contributed by atoms with Crippen LogP contribution in [0.15, 0.2) is 24.3 Å². The molecule has 1 fully saturated rings. The summed E-state index contributed by atoms with van der Waals surface area (Å²) in [5.41, 5.74) is 1.09. The van der Waals surface area contributed by atoms with Crippen molar-refractivity contribution in [3.8, 4) is 0 Å². The van der Waals surface area contributed by atoms with Crippen molar-refractivity contribution in [1.29, 1.82) is 0 Å². The van der Waals surface area contributed by atoms with Gasteiger partial charge in [0.2, 0.25) is 0 Å². The summed E-state index contributed by atoms with van der Waals surface area (Å²) in [5.74, 6) is 0.173. The van der Waals surface area contributed by atoms with Crippen LogP contribution in [0.2, 0.25) is 0 Å². The van der Waals surface area contributed by atoms with E-state index >= 15 is 0 Å². The highest BCUT2D eigenvalue weighted by Gasteiger charge is 2.09. The summed E-state index contributed by atoms with van der Waals surface area (Å²) in [6, 6.07) is 6.40. The van der Waals surface area contributed by atoms with Crippen molar-refractivity contribution in [2.24, 2.45) is 5.92 Å². The third-order valence-corrected chi connectivity index (χ3v) is 2.59. The first kappa shape index (κ1) is 12.8. The molecular formula is C13H18FNO. The fraction of sp³-hybridized carbons (Fsp3) is 0.462. The molecule has 1 aromatic rings. The van der Waals surface area contributed by atoms with Crippen LogP contribution < -0.4 is 5.32 Å². The smallest absolute Gasteiger partial charge is 0.123 e. The Morgan fingerprint density at radius 3 is 2.19 bits per heavy atom. The molecule has 0 aliphatic carbocycles. The molecule has 1 saturated heterocycles. The number of hydrogen-bond acceptors (Lipinski definition) is 2. The quantitative estimate of drug-likeness (QED) is 0.740. The Bertz CT molecular complexity index is 283. The zero-order valence-electron chi connectivity index (χ0n) is 9.58. The highest BCUT2D eigenvalue weighted by Crippen LogP contribution is 2.06. The summed E-state index contributed by atoms with van der Waals surface area (Å²) in [7, 11) is 0. The molecule has 2 nitrogen and oxygen atoms in total. The van der Waals surface area contributed by atoms with Gasteiger partial charge in [0.1, 0.15) is 12.1 Å². The number of aryl methyl sites for hydroxylation is 1. The molecule has 0 aromatic heterocycles. The van der Waals surface area contributed by atoms with Gasteiger partial charge in [0.25, 0.3) is 0 Å². The van der Waals surface area contributed by atoms with Crippen molar-refractivity contribution >= 4 is 6.29 Å². The van der Waals surface area contributed by atoms with Crippen LogP contribution in [-0.2, 0) is 4.79 Å². The number of aldehydes is 1. The van der Waals surface area contributed by atoms with E-state index in [4.69, 9.17) is 0 Å². The normalized spacial score (nSPS) is 16.1. The molecule has 0 radical (unpaired) electrons. The van der Waals surface area contributed by atoms with E-state index in [0.717, 1.165) is 37.8 Å². The van der Waals surface area contributed by atoms with E-state index in [9.17, 15) is 9.18 Å². The van der Waals surface area contributed by atoms with Gasteiger partial charge in [-0.25, -0.2) is 4.39 Å². The summed E-state index contributed by atoms with van der Waals surface area (Å²) >= 11 is 0. The maximum atomic E-state index is 12.1. The largest absolute Gasteiger partial charge is 0.317 e. The van der Waals surface area contributed by atoms with Gasteiger partial charge >= 0.3 is 0 Å². The number of piperidine rings is 1. The van der Waals surface area contributed by atoms with Crippen LogP contribution >= 0.6 is 0 Å². The molecule has 0 amide bonds. The predicted octanol–water partition coefficient (Wildman–Crippen LogP) is 2.32. The first-order valence-corrected chi connectivity index (χ1v) is 5.60. The van der Waals surface area contributed by atoms with Crippen molar-refractivity contribution in [1.82, 2.24) is 5.32 Å². The number of carbonyl (C=O) groups excluding carboxylic acids is 1. The van der Waals surface area contributed by atoms with Gasteiger partial charge in [-0.2, -0.15) is 0 Å². The van der Waals surface area contributed by atoms with Crippen molar-refractivity contribution < 1.29 is 9.18 Å². The number of nitrogens with one attached hydrogen (secondary N) is 1. The van der Waals surface area contributed by atoms with E-state index < -0.39 is 0 Å². The van der Waals surface area contributed by atoms with E-state index in [2.05, 4.69) is 5.32 Å². The number of hydrogen-bond donors (Lipinski definition) is 1. The maximum absolute atomic E-state index is 12.1. The molecule has 1 aromatic carbocycles. The molecule has 0 spiro atoms. The van der Waals surface area contributed by atoms with Gasteiger partial charge in [0, 0.05) is 5.92 Å². The molecule has 1 aliphatic heterocycles. The van der Waals surface area contributed by atoms with Gasteiger partial charge in [-0.05, 0) is 45.0 Å². The Kier molecular flexibility index (Phi) is 5.72. The highest BCUT2D eigenvalue weighted by atomic mass is 19.1. The van der Waals surface area contributed by atoms with E-state index in [-0.39, 0.29) is 5.82 Å². The minimum atomic E-state index is -0.171. The molecule has 1 aliphatic rings. The Morgan fingerprint density at radius 2 is 1.81 bits per heavy atom. The molecule has 1 N–H and O–H groups in total. The van der Waals surface area contributed by atoms with Gasteiger partial charge in [-0.1, -0.05) is 17.7 Å². The Hall–Kier alpha value is -1.22. The van der Waals surface area contributed by atoms with Gasteiger partial charge in [0.15, 0.2) is 0 Å². The maximum Gasteiger partial charge on any atom is 0.123 e. The first-order valence-electron chi connectivity index (χ1n) is 5.60. The predicted molar refractivity (Wildman–Crippen MR) is 62.8 cm³/mol. The van der Waals surface area contributed by atoms with Crippen molar-refractivity contribution in [3.05, 3.63) is 35.6 Å². The van der Waals surface area contributed by atoms with E-state index in [0.29, 0.717) is 5.92 Å². The summed E-state index contributed by atoms with van der Waals surface area (Å²) < 4.78 is 12.1. The fourth-order valence-corrected chi connectivity index (χ4v) is 1.51. The van der Waals surface area contributed by atoms with Crippen LogP contribution in [0.3, 0.4) is 0 Å². The van der Waals surface area contributed by atoms with Crippen LogP contribution in [-0.4, -0.2) is 19.4 Å². The molecule has 0 unspecified atom stereocenters. The zero-order valence-corrected chi connectivity index (χ0v) is 9.58. The van der Waals surface area contributed by atoms with E-state index in [1.54, 1.807) is 12.1 Å². The number of rotatable bonds is 1. The van der Waals surface area contributed by atoms with E-state index in [1.807, 2.05) is 6.92 Å². The Labute approximate surface area is 95.9 Å². The summed E-state index contributed by atoms with van der Waals surface area (Å²) in [6.07, 6.45) is 3.13. The molecule has 0 saturated carbocycles. The van der Waals surface area contributed by atoms with Crippen molar-refractivity contribution in [2.45, 2.75) is 19.8 Å². The molecule has 2 rings (SSSR count). The fourth-order valence-electron chi connectivity index (χ4n) is 1.51. The molecular weight excluding hydrogens is 205 g/mol. The Morgan fingerprint density at radius 1 is 1.25 bits per heavy atom. The lowest BCUT2D eigenvalue weighted by Gasteiger charge is -2.16. The lowest BCUT2D eigenvalue weighted by atomic mass is 10.0. The van der Waals surface area contributed by atoms with Crippen molar-refractivity contribution in [3.63, 3.8) is 0 Å². The van der Waals surface area contributed by atoms with Crippen LogP contribution in [0.4, 0.5) is 4.39 Å². The summed E-state index contributed by atoms with van der Waals surface area (Å²) in [5, 5.41) is 3.19. The monoisotopic (exact) mass is 223 g/mol. The second-order valence-corrected chi connectivity index (χ2v) is 4.02. The standard InChI is InChI=1S/C7H7F.C6H11NO/c1-6-2-4-7(8)5-3-6;8-5-6-1-3-7-4-2-6/h2-5H,1H3;5-7H,1-4H2. The summed E-state index contributed by atoms with van der Waals surface area (Å²) in [6.45, 7) is 3.96. The second kappa shape index (κ2) is 7.12. The minimum Gasteiger partial charge on any atom is -0.317 e. The van der Waals surface area contributed by atoms with Crippen LogP contribution in [0, 0.1) is 18.7 Å². The minimum absolute atomic E-state index is 0.171. The molecule has 88 valence electrons. The zero-order chi connectivity index (χ0) is 11.8. The number of carbonyl (C=O) groups is 1. The van der Waals surface area contributed by atoms with Crippen LogP contribution in [0.25, 0.3) is 0 Å². The molecule has 1 heterocycles.